The number of amides is 1. The van der Waals surface area contributed by atoms with E-state index in [1.54, 1.807) is 26.0 Å². The minimum absolute atomic E-state index is 0.0121. The summed E-state index contributed by atoms with van der Waals surface area (Å²) in [7, 11) is 3.27. The number of nitrogens with one attached hydrogen (secondary N) is 1. The fourth-order valence-corrected chi connectivity index (χ4v) is 4.72. The van der Waals surface area contributed by atoms with Gasteiger partial charge in [0.1, 0.15) is 11.5 Å². The second-order valence-corrected chi connectivity index (χ2v) is 10.2. The Morgan fingerprint density at radius 1 is 1.18 bits per heavy atom. The fraction of sp³-hybridized carbons (Fsp3) is 0.550. The number of anilines is 1. The van der Waals surface area contributed by atoms with Crippen molar-refractivity contribution in [3.8, 4) is 11.5 Å². The molecule has 1 heterocycles. The molecule has 1 amide bonds. The summed E-state index contributed by atoms with van der Waals surface area (Å²) >= 11 is 2.95. The highest BCUT2D eigenvalue weighted by molar-refractivity contribution is 8.00. The molecule has 1 N–H and O–H groups in total. The molecule has 0 spiro atoms. The molecule has 0 fully saturated rings. The Morgan fingerprint density at radius 2 is 1.82 bits per heavy atom. The van der Waals surface area contributed by atoms with Crippen molar-refractivity contribution >= 4 is 34.1 Å². The van der Waals surface area contributed by atoms with Crippen molar-refractivity contribution in [2.45, 2.75) is 50.6 Å². The van der Waals surface area contributed by atoms with Crippen LogP contribution in [0.4, 0.5) is 5.13 Å². The Kier molecular flexibility index (Phi) is 8.12. The Bertz CT molecular complexity index is 765. The number of thioether (sulfide) groups is 1. The van der Waals surface area contributed by atoms with Crippen LogP contribution in [0.1, 0.15) is 46.1 Å². The van der Waals surface area contributed by atoms with Crippen molar-refractivity contribution in [2.24, 2.45) is 11.3 Å². The number of hydrogen-bond donors (Lipinski definition) is 1. The van der Waals surface area contributed by atoms with Gasteiger partial charge in [-0.05, 0) is 35.4 Å². The summed E-state index contributed by atoms with van der Waals surface area (Å²) in [5.41, 5.74) is 1.28. The van der Waals surface area contributed by atoms with Crippen molar-refractivity contribution in [1.29, 1.82) is 0 Å². The lowest BCUT2D eigenvalue weighted by molar-refractivity contribution is -0.117. The van der Waals surface area contributed by atoms with E-state index >= 15 is 0 Å². The first-order chi connectivity index (χ1) is 13.2. The molecule has 0 bridgehead atoms. The molecule has 0 aliphatic heterocycles. The number of benzene rings is 1. The number of hydrogen-bond acceptors (Lipinski definition) is 7. The molecule has 6 nitrogen and oxygen atoms in total. The van der Waals surface area contributed by atoms with Gasteiger partial charge in [-0.25, -0.2) is 0 Å². The summed E-state index contributed by atoms with van der Waals surface area (Å²) in [6, 6.07) is 5.78. The summed E-state index contributed by atoms with van der Waals surface area (Å²) in [5, 5.41) is 11.7. The molecule has 1 atom stereocenters. The van der Waals surface area contributed by atoms with Crippen LogP contribution in [0.5, 0.6) is 11.5 Å². The third kappa shape index (κ3) is 7.67. The van der Waals surface area contributed by atoms with Crippen molar-refractivity contribution in [3.63, 3.8) is 0 Å². The van der Waals surface area contributed by atoms with Gasteiger partial charge in [-0.15, -0.1) is 10.2 Å². The number of nitrogens with zero attached hydrogens (tertiary/aromatic N) is 2. The molecule has 154 valence electrons. The van der Waals surface area contributed by atoms with E-state index in [0.29, 0.717) is 23.2 Å². The largest absolute Gasteiger partial charge is 0.497 e. The van der Waals surface area contributed by atoms with Crippen LogP contribution >= 0.6 is 23.1 Å². The van der Waals surface area contributed by atoms with Crippen molar-refractivity contribution < 1.29 is 14.3 Å². The molecule has 0 saturated carbocycles. The summed E-state index contributed by atoms with van der Waals surface area (Å²) < 4.78 is 11.4. The van der Waals surface area contributed by atoms with Crippen molar-refractivity contribution in [3.05, 3.63) is 23.8 Å². The SMILES string of the molecule is COc1cc(CSc2nnc(NC(=O)CC(C)CC(C)(C)C)s2)cc(OC)c1. The predicted octanol–water partition coefficient (Wildman–Crippen LogP) is 5.25. The number of carbonyl (C=O) groups excluding carboxylic acids is 1. The molecule has 0 aliphatic carbocycles. The topological polar surface area (TPSA) is 73.3 Å². The average molecular weight is 424 g/mol. The Morgan fingerprint density at radius 3 is 2.39 bits per heavy atom. The first kappa shape index (κ1) is 22.5. The van der Waals surface area contributed by atoms with Crippen LogP contribution in [0, 0.1) is 11.3 Å². The number of aromatic nitrogens is 2. The van der Waals surface area contributed by atoms with Gasteiger partial charge in [-0.2, -0.15) is 0 Å². The Hall–Kier alpha value is -1.80. The zero-order valence-electron chi connectivity index (χ0n) is 17.4. The van der Waals surface area contributed by atoms with Crippen LogP contribution in [0.15, 0.2) is 22.5 Å². The number of ether oxygens (including phenoxy) is 2. The highest BCUT2D eigenvalue weighted by atomic mass is 32.2. The van der Waals surface area contributed by atoms with Crippen LogP contribution in [0.3, 0.4) is 0 Å². The molecular formula is C20H29N3O3S2. The molecule has 28 heavy (non-hydrogen) atoms. The van der Waals surface area contributed by atoms with Gasteiger partial charge >= 0.3 is 0 Å². The van der Waals surface area contributed by atoms with Gasteiger partial charge in [-0.1, -0.05) is 50.8 Å². The minimum Gasteiger partial charge on any atom is -0.497 e. The normalized spacial score (nSPS) is 12.5. The monoisotopic (exact) mass is 423 g/mol. The highest BCUT2D eigenvalue weighted by Crippen LogP contribution is 2.31. The third-order valence-corrected chi connectivity index (χ3v) is 5.96. The zero-order valence-corrected chi connectivity index (χ0v) is 19.0. The lowest BCUT2D eigenvalue weighted by Crippen LogP contribution is -2.18. The minimum atomic E-state index is -0.0121. The van der Waals surface area contributed by atoms with Crippen LogP contribution in [-0.2, 0) is 10.5 Å². The fourth-order valence-electron chi connectivity index (χ4n) is 3.02. The molecule has 1 aromatic carbocycles. The van der Waals surface area contributed by atoms with Crippen LogP contribution in [0.25, 0.3) is 0 Å². The molecular weight excluding hydrogens is 394 g/mol. The molecule has 0 aliphatic rings. The summed E-state index contributed by atoms with van der Waals surface area (Å²) in [6.07, 6.45) is 1.49. The number of carbonyl (C=O) groups is 1. The van der Waals surface area contributed by atoms with Crippen molar-refractivity contribution in [1.82, 2.24) is 10.2 Å². The van der Waals surface area contributed by atoms with E-state index in [4.69, 9.17) is 9.47 Å². The van der Waals surface area contributed by atoms with Gasteiger partial charge in [0.05, 0.1) is 14.2 Å². The highest BCUT2D eigenvalue weighted by Gasteiger charge is 2.18. The lowest BCUT2D eigenvalue weighted by atomic mass is 9.84. The molecule has 1 unspecified atom stereocenters. The maximum Gasteiger partial charge on any atom is 0.226 e. The van der Waals surface area contributed by atoms with Crippen LogP contribution in [-0.4, -0.2) is 30.3 Å². The predicted molar refractivity (Wildman–Crippen MR) is 115 cm³/mol. The standard InChI is InChI=1S/C20H29N3O3S2/c1-13(11-20(2,3)4)7-17(24)21-18-22-23-19(28-18)27-12-14-8-15(25-5)10-16(9-14)26-6/h8-10,13H,7,11-12H2,1-6H3,(H,21,22,24). The summed E-state index contributed by atoms with van der Waals surface area (Å²) in [5.74, 6) is 2.53. The van der Waals surface area contributed by atoms with E-state index in [-0.39, 0.29) is 11.3 Å². The Labute approximate surface area is 175 Å². The Balaban J connectivity index is 1.88. The molecule has 8 heteroatoms. The van der Waals surface area contributed by atoms with Crippen LogP contribution < -0.4 is 14.8 Å². The molecule has 2 aromatic rings. The van der Waals surface area contributed by atoms with Gasteiger partial charge in [-0.3, -0.25) is 4.79 Å². The van der Waals surface area contributed by atoms with Crippen molar-refractivity contribution in [2.75, 3.05) is 19.5 Å². The van der Waals surface area contributed by atoms with Gasteiger partial charge in [0.25, 0.3) is 0 Å². The molecule has 0 radical (unpaired) electrons. The zero-order chi connectivity index (χ0) is 20.7. The molecule has 0 saturated heterocycles. The first-order valence-corrected chi connectivity index (χ1v) is 11.0. The lowest BCUT2D eigenvalue weighted by Gasteiger charge is -2.22. The second kappa shape index (κ2) is 10.1. The summed E-state index contributed by atoms with van der Waals surface area (Å²) in [6.45, 7) is 8.67. The van der Waals surface area contributed by atoms with E-state index in [1.807, 2.05) is 18.2 Å². The second-order valence-electron chi connectivity index (χ2n) is 8.00. The van der Waals surface area contributed by atoms with Gasteiger partial charge in [0.2, 0.25) is 11.0 Å². The number of rotatable bonds is 9. The molecule has 1 aromatic heterocycles. The average Bonchev–Trinajstić information content (AvgIpc) is 3.04. The van der Waals surface area contributed by atoms with E-state index in [0.717, 1.165) is 27.8 Å². The van der Waals surface area contributed by atoms with Gasteiger partial charge < -0.3 is 14.8 Å². The first-order valence-electron chi connectivity index (χ1n) is 9.16. The summed E-state index contributed by atoms with van der Waals surface area (Å²) in [4.78, 5) is 12.2. The van der Waals surface area contributed by atoms with Crippen LogP contribution in [0.2, 0.25) is 0 Å². The number of methoxy groups -OCH3 is 2. The van der Waals surface area contributed by atoms with Gasteiger partial charge in [0, 0.05) is 18.2 Å². The van der Waals surface area contributed by atoms with E-state index < -0.39 is 0 Å². The van der Waals surface area contributed by atoms with E-state index in [9.17, 15) is 4.79 Å². The third-order valence-electron chi connectivity index (χ3n) is 3.92. The maximum absolute atomic E-state index is 12.2. The van der Waals surface area contributed by atoms with E-state index in [1.165, 1.54) is 11.3 Å². The van der Waals surface area contributed by atoms with E-state index in [2.05, 4.69) is 43.2 Å². The maximum atomic E-state index is 12.2. The quantitative estimate of drug-likeness (QED) is 0.439. The molecule has 2 rings (SSSR count). The van der Waals surface area contributed by atoms with Gasteiger partial charge in [0.15, 0.2) is 4.34 Å². The smallest absolute Gasteiger partial charge is 0.226 e.